The summed E-state index contributed by atoms with van der Waals surface area (Å²) < 4.78 is 24.5. The number of carbonyl (C=O) groups excluding carboxylic acids is 1. The first-order valence-corrected chi connectivity index (χ1v) is 15.4. The van der Waals surface area contributed by atoms with Gasteiger partial charge in [0, 0.05) is 19.1 Å². The molecular weight excluding hydrogens is 432 g/mol. The van der Waals surface area contributed by atoms with Crippen molar-refractivity contribution in [3.8, 4) is 0 Å². The third-order valence-corrected chi connectivity index (χ3v) is 14.5. The van der Waals surface area contributed by atoms with Crippen LogP contribution < -0.4 is 0 Å². The molecule has 5 nitrogen and oxygen atoms in total. The van der Waals surface area contributed by atoms with Crippen molar-refractivity contribution in [1.82, 2.24) is 0 Å². The summed E-state index contributed by atoms with van der Waals surface area (Å²) in [7, 11) is -0.184. The molecule has 6 heteroatoms. The summed E-state index contributed by atoms with van der Waals surface area (Å²) in [6, 6.07) is 0. The third-order valence-electron chi connectivity index (χ3n) is 10.0. The Morgan fingerprint density at radius 1 is 1.21 bits per heavy atom. The quantitative estimate of drug-likeness (QED) is 0.304. The second-order valence-corrected chi connectivity index (χ2v) is 17.5. The van der Waals surface area contributed by atoms with Gasteiger partial charge in [-0.25, -0.2) is 4.79 Å². The maximum absolute atomic E-state index is 12.7. The van der Waals surface area contributed by atoms with Gasteiger partial charge in [0.25, 0.3) is 0 Å². The van der Waals surface area contributed by atoms with E-state index in [0.29, 0.717) is 30.1 Å². The average Bonchev–Trinajstić information content (AvgIpc) is 3.28. The van der Waals surface area contributed by atoms with Crippen molar-refractivity contribution >= 4 is 14.3 Å². The Bertz CT molecular complexity index is 1000. The highest BCUT2D eigenvalue weighted by atomic mass is 28.4. The van der Waals surface area contributed by atoms with Gasteiger partial charge >= 0.3 is 5.97 Å². The SMILES string of the molecule is COC[C@H]1OC(=O)c2coc3c2[C@@]1(C)C1=CC[C@]2(C)[C@@H](O[Si](C)(C)C(C)(C)C)CC[C@H]2[C@@H]1C3. The second-order valence-electron chi connectivity index (χ2n) is 12.7. The first-order chi connectivity index (χ1) is 15.3. The van der Waals surface area contributed by atoms with Gasteiger partial charge in [0.05, 0.1) is 18.1 Å². The molecule has 0 saturated heterocycles. The van der Waals surface area contributed by atoms with Crippen LogP contribution >= 0.6 is 0 Å². The minimum Gasteiger partial charge on any atom is -0.468 e. The topological polar surface area (TPSA) is 57.9 Å². The molecule has 6 atom stereocenters. The fraction of sp³-hybridized carbons (Fsp3) is 0.741. The summed E-state index contributed by atoms with van der Waals surface area (Å²) in [6.07, 6.45) is 8.20. The van der Waals surface area contributed by atoms with Crippen molar-refractivity contribution < 1.29 is 23.1 Å². The van der Waals surface area contributed by atoms with Gasteiger partial charge in [-0.2, -0.15) is 0 Å². The Morgan fingerprint density at radius 3 is 2.61 bits per heavy atom. The molecular formula is C27H40O5Si. The zero-order valence-electron chi connectivity index (χ0n) is 21.5. The van der Waals surface area contributed by atoms with Crippen LogP contribution in [0.2, 0.25) is 18.1 Å². The molecule has 1 fully saturated rings. The minimum absolute atomic E-state index is 0.120. The molecule has 0 amide bonds. The largest absolute Gasteiger partial charge is 0.468 e. The summed E-state index contributed by atoms with van der Waals surface area (Å²) in [5.74, 6) is 1.59. The lowest BCUT2D eigenvalue weighted by Crippen LogP contribution is -2.56. The van der Waals surface area contributed by atoms with Crippen molar-refractivity contribution in [2.24, 2.45) is 17.3 Å². The Hall–Kier alpha value is -1.37. The second kappa shape index (κ2) is 7.31. The van der Waals surface area contributed by atoms with Crippen LogP contribution in [0.5, 0.6) is 0 Å². The van der Waals surface area contributed by atoms with E-state index in [-0.39, 0.29) is 22.5 Å². The van der Waals surface area contributed by atoms with Crippen LogP contribution in [0.15, 0.2) is 22.3 Å². The Labute approximate surface area is 199 Å². The molecule has 0 bridgehead atoms. The van der Waals surface area contributed by atoms with Gasteiger partial charge in [-0.3, -0.25) is 0 Å². The van der Waals surface area contributed by atoms with E-state index in [4.69, 9.17) is 18.3 Å². The van der Waals surface area contributed by atoms with E-state index in [9.17, 15) is 4.79 Å². The number of carbonyl (C=O) groups is 1. The van der Waals surface area contributed by atoms with Crippen LogP contribution in [-0.2, 0) is 25.7 Å². The number of hydrogen-bond donors (Lipinski definition) is 0. The van der Waals surface area contributed by atoms with Crippen molar-refractivity contribution in [3.63, 3.8) is 0 Å². The summed E-state index contributed by atoms with van der Waals surface area (Å²) in [5, 5.41) is 0.203. The fourth-order valence-electron chi connectivity index (χ4n) is 7.07. The maximum atomic E-state index is 12.7. The van der Waals surface area contributed by atoms with Crippen LogP contribution in [0.3, 0.4) is 0 Å². The number of cyclic esters (lactones) is 1. The van der Waals surface area contributed by atoms with Gasteiger partial charge in [0.1, 0.15) is 23.7 Å². The number of rotatable bonds is 4. The van der Waals surface area contributed by atoms with Crippen LogP contribution in [0.1, 0.15) is 75.6 Å². The van der Waals surface area contributed by atoms with Crippen molar-refractivity contribution in [2.45, 2.75) is 96.1 Å². The Balaban J connectivity index is 1.55. The highest BCUT2D eigenvalue weighted by Gasteiger charge is 2.61. The number of allylic oxidation sites excluding steroid dienone is 1. The van der Waals surface area contributed by atoms with Crippen LogP contribution in [0, 0.1) is 17.3 Å². The zero-order valence-corrected chi connectivity index (χ0v) is 22.5. The first kappa shape index (κ1) is 23.4. The normalized spacial score (nSPS) is 37.7. The van der Waals surface area contributed by atoms with Gasteiger partial charge in [0.15, 0.2) is 8.32 Å². The van der Waals surface area contributed by atoms with E-state index < -0.39 is 13.7 Å². The molecule has 0 spiro atoms. The maximum Gasteiger partial charge on any atom is 0.342 e. The summed E-state index contributed by atoms with van der Waals surface area (Å²) in [4.78, 5) is 12.7. The molecule has 1 saturated carbocycles. The monoisotopic (exact) mass is 472 g/mol. The number of furan rings is 1. The molecule has 3 aliphatic carbocycles. The Kier molecular flexibility index (Phi) is 5.18. The molecule has 0 aromatic carbocycles. The average molecular weight is 473 g/mol. The molecule has 4 aliphatic rings. The van der Waals surface area contributed by atoms with Crippen molar-refractivity contribution in [2.75, 3.05) is 13.7 Å². The minimum atomic E-state index is -1.86. The third kappa shape index (κ3) is 3.12. The van der Waals surface area contributed by atoms with Crippen molar-refractivity contribution in [3.05, 3.63) is 34.8 Å². The molecule has 1 aliphatic heterocycles. The van der Waals surface area contributed by atoms with Gasteiger partial charge in [0.2, 0.25) is 0 Å². The van der Waals surface area contributed by atoms with E-state index in [1.165, 1.54) is 12.0 Å². The number of hydrogen-bond acceptors (Lipinski definition) is 5. The van der Waals surface area contributed by atoms with E-state index in [0.717, 1.165) is 30.6 Å². The standard InChI is InChI=1S/C27H40O5Si/c1-25(2,3)33(7,8)32-21-10-9-18-16-13-20-23-17(14-30-20)24(28)31-22(15-29-6)27(23,5)19(16)11-12-26(18,21)4/h11,14,16,18,21-22H,9-10,12-13,15H2,1-8H3/t16-,18-,21-,22+,26-,27-/m0/s1. The molecule has 33 heavy (non-hydrogen) atoms. The van der Waals surface area contributed by atoms with Crippen LogP contribution in [0.25, 0.3) is 0 Å². The predicted molar refractivity (Wildman–Crippen MR) is 130 cm³/mol. The summed E-state index contributed by atoms with van der Waals surface area (Å²) in [6.45, 7) is 16.8. The van der Waals surface area contributed by atoms with E-state index in [1.807, 2.05) is 0 Å². The van der Waals surface area contributed by atoms with Gasteiger partial charge < -0.3 is 18.3 Å². The molecule has 182 valence electrons. The van der Waals surface area contributed by atoms with Gasteiger partial charge in [-0.1, -0.05) is 39.3 Å². The van der Waals surface area contributed by atoms with Gasteiger partial charge in [-0.15, -0.1) is 0 Å². The van der Waals surface area contributed by atoms with Crippen LogP contribution in [-0.4, -0.2) is 40.2 Å². The lowest BCUT2D eigenvalue weighted by Gasteiger charge is -2.54. The summed E-state index contributed by atoms with van der Waals surface area (Å²) in [5.41, 5.74) is 2.78. The van der Waals surface area contributed by atoms with E-state index in [2.05, 4.69) is 53.8 Å². The molecule has 0 N–H and O–H groups in total. The van der Waals surface area contributed by atoms with E-state index >= 15 is 0 Å². The number of fused-ring (bicyclic) bond motifs is 4. The lowest BCUT2D eigenvalue weighted by atomic mass is 9.52. The zero-order chi connectivity index (χ0) is 24.0. The van der Waals surface area contributed by atoms with Gasteiger partial charge in [-0.05, 0) is 61.6 Å². The highest BCUT2D eigenvalue weighted by Crippen LogP contribution is 2.63. The first-order valence-electron chi connectivity index (χ1n) is 12.5. The van der Waals surface area contributed by atoms with Crippen LogP contribution in [0.4, 0.5) is 0 Å². The highest BCUT2D eigenvalue weighted by molar-refractivity contribution is 6.74. The number of ether oxygens (including phenoxy) is 2. The molecule has 2 heterocycles. The molecule has 0 unspecified atom stereocenters. The molecule has 0 radical (unpaired) electrons. The Morgan fingerprint density at radius 2 is 1.94 bits per heavy atom. The fourth-order valence-corrected chi connectivity index (χ4v) is 8.52. The molecule has 1 aromatic heterocycles. The van der Waals surface area contributed by atoms with Crippen molar-refractivity contribution in [1.29, 1.82) is 0 Å². The predicted octanol–water partition coefficient (Wildman–Crippen LogP) is 6.03. The van der Waals surface area contributed by atoms with E-state index in [1.54, 1.807) is 13.4 Å². The molecule has 1 aromatic rings. The number of methoxy groups -OCH3 is 1. The smallest absolute Gasteiger partial charge is 0.342 e. The molecule has 5 rings (SSSR count). The summed E-state index contributed by atoms with van der Waals surface area (Å²) >= 11 is 0. The number of esters is 1. The lowest BCUT2D eigenvalue weighted by molar-refractivity contribution is -0.0329.